The summed E-state index contributed by atoms with van der Waals surface area (Å²) in [4.78, 5) is 0. The second-order valence-corrected chi connectivity index (χ2v) is 6.63. The van der Waals surface area contributed by atoms with Crippen molar-refractivity contribution in [2.45, 2.75) is 12.3 Å². The highest BCUT2D eigenvalue weighted by molar-refractivity contribution is 5.87. The fourth-order valence-corrected chi connectivity index (χ4v) is 4.02. The highest BCUT2D eigenvalue weighted by atomic mass is 15.0. The normalized spacial score (nSPS) is 16.1. The highest BCUT2D eigenvalue weighted by Gasteiger charge is 2.22. The average molecular weight is 321 g/mol. The molecule has 1 atom stereocenters. The first kappa shape index (κ1) is 14.3. The van der Waals surface area contributed by atoms with E-state index in [4.69, 9.17) is 0 Å². The Labute approximate surface area is 147 Å². The molecule has 120 valence electrons. The first-order valence-electron chi connectivity index (χ1n) is 8.83. The molecule has 0 N–H and O–H groups in total. The molecule has 1 nitrogen and oxygen atoms in total. The van der Waals surface area contributed by atoms with E-state index in [2.05, 4.69) is 102 Å². The van der Waals surface area contributed by atoms with Crippen molar-refractivity contribution >= 4 is 17.0 Å². The summed E-state index contributed by atoms with van der Waals surface area (Å²) >= 11 is 0. The number of para-hydroxylation sites is 2. The maximum atomic E-state index is 2.33. The standard InChI is InChI=1S/C24H19N/c1-2-11-19(12-3-1)25-17-23(22-14-6-7-16-24(22)25)21-15-8-10-18-9-4-5-13-20(18)21/h1-14,16-17,21H,15H2. The van der Waals surface area contributed by atoms with Crippen molar-refractivity contribution in [3.8, 4) is 5.69 Å². The van der Waals surface area contributed by atoms with Crippen molar-refractivity contribution < 1.29 is 0 Å². The van der Waals surface area contributed by atoms with Crippen molar-refractivity contribution in [3.63, 3.8) is 0 Å². The van der Waals surface area contributed by atoms with Crippen molar-refractivity contribution in [2.75, 3.05) is 0 Å². The lowest BCUT2D eigenvalue weighted by molar-refractivity contribution is 0.823. The molecule has 3 aromatic carbocycles. The number of fused-ring (bicyclic) bond motifs is 2. The van der Waals surface area contributed by atoms with Gasteiger partial charge >= 0.3 is 0 Å². The van der Waals surface area contributed by atoms with E-state index in [-0.39, 0.29) is 0 Å². The van der Waals surface area contributed by atoms with Crippen LogP contribution in [0.15, 0.2) is 91.1 Å². The van der Waals surface area contributed by atoms with E-state index in [1.54, 1.807) is 0 Å². The van der Waals surface area contributed by atoms with E-state index < -0.39 is 0 Å². The minimum Gasteiger partial charge on any atom is -0.316 e. The fourth-order valence-electron chi connectivity index (χ4n) is 4.02. The van der Waals surface area contributed by atoms with Crippen LogP contribution in [0.4, 0.5) is 0 Å². The zero-order chi connectivity index (χ0) is 16.6. The van der Waals surface area contributed by atoms with E-state index >= 15 is 0 Å². The van der Waals surface area contributed by atoms with Gasteiger partial charge in [-0.25, -0.2) is 0 Å². The molecule has 0 amide bonds. The van der Waals surface area contributed by atoms with Crippen LogP contribution in [0.2, 0.25) is 0 Å². The second-order valence-electron chi connectivity index (χ2n) is 6.63. The molecule has 5 rings (SSSR count). The van der Waals surface area contributed by atoms with E-state index in [0.717, 1.165) is 6.42 Å². The molecule has 1 heterocycles. The Bertz CT molecular complexity index is 1070. The summed E-state index contributed by atoms with van der Waals surface area (Å²) in [6.07, 6.45) is 7.95. The Morgan fingerprint density at radius 1 is 0.720 bits per heavy atom. The summed E-state index contributed by atoms with van der Waals surface area (Å²) in [5.74, 6) is 0.413. The van der Waals surface area contributed by atoms with Gasteiger partial charge in [0.15, 0.2) is 0 Å². The van der Waals surface area contributed by atoms with Gasteiger partial charge in [0.05, 0.1) is 5.52 Å². The van der Waals surface area contributed by atoms with Crippen LogP contribution in [0.25, 0.3) is 22.7 Å². The van der Waals surface area contributed by atoms with Crippen LogP contribution in [0.3, 0.4) is 0 Å². The van der Waals surface area contributed by atoms with Crippen LogP contribution in [-0.2, 0) is 0 Å². The summed E-state index contributed by atoms with van der Waals surface area (Å²) in [5.41, 5.74) is 6.67. The predicted octanol–water partition coefficient (Wildman–Crippen LogP) is 6.18. The smallest absolute Gasteiger partial charge is 0.0531 e. The Balaban J connectivity index is 1.75. The van der Waals surface area contributed by atoms with Gasteiger partial charge in [-0.05, 0) is 41.3 Å². The summed E-state index contributed by atoms with van der Waals surface area (Å²) in [5, 5.41) is 1.35. The molecule has 1 heteroatoms. The average Bonchev–Trinajstić information content (AvgIpc) is 3.08. The third-order valence-electron chi connectivity index (χ3n) is 5.19. The lowest BCUT2D eigenvalue weighted by Crippen LogP contribution is -2.05. The molecule has 25 heavy (non-hydrogen) atoms. The predicted molar refractivity (Wildman–Crippen MR) is 105 cm³/mol. The molecule has 0 saturated carbocycles. The van der Waals surface area contributed by atoms with E-state index in [0.29, 0.717) is 5.92 Å². The quantitative estimate of drug-likeness (QED) is 0.415. The largest absolute Gasteiger partial charge is 0.316 e. The molecule has 0 saturated heterocycles. The molecular weight excluding hydrogens is 302 g/mol. The number of benzene rings is 3. The third-order valence-corrected chi connectivity index (χ3v) is 5.19. The van der Waals surface area contributed by atoms with Crippen molar-refractivity contribution in [1.82, 2.24) is 4.57 Å². The monoisotopic (exact) mass is 321 g/mol. The van der Waals surface area contributed by atoms with Crippen LogP contribution in [0.1, 0.15) is 29.0 Å². The van der Waals surface area contributed by atoms with Gasteiger partial charge in [-0.2, -0.15) is 0 Å². The molecule has 0 radical (unpaired) electrons. The third kappa shape index (κ3) is 2.32. The lowest BCUT2D eigenvalue weighted by Gasteiger charge is -2.21. The number of allylic oxidation sites excluding steroid dienone is 1. The first-order valence-corrected chi connectivity index (χ1v) is 8.83. The van der Waals surface area contributed by atoms with Gasteiger partial charge in [0.2, 0.25) is 0 Å². The summed E-state index contributed by atoms with van der Waals surface area (Å²) in [6.45, 7) is 0. The molecular formula is C24H19N. The molecule has 1 aromatic heterocycles. The maximum Gasteiger partial charge on any atom is 0.0531 e. The van der Waals surface area contributed by atoms with Gasteiger partial charge in [-0.15, -0.1) is 0 Å². The van der Waals surface area contributed by atoms with Crippen LogP contribution >= 0.6 is 0 Å². The Kier molecular flexibility index (Phi) is 3.31. The van der Waals surface area contributed by atoms with E-state index in [1.807, 2.05) is 0 Å². The number of hydrogen-bond donors (Lipinski definition) is 0. The van der Waals surface area contributed by atoms with Crippen LogP contribution in [0.5, 0.6) is 0 Å². The molecule has 1 aliphatic carbocycles. The van der Waals surface area contributed by atoms with Gasteiger partial charge in [-0.3, -0.25) is 0 Å². The topological polar surface area (TPSA) is 4.93 Å². The van der Waals surface area contributed by atoms with Gasteiger partial charge in [0, 0.05) is 23.2 Å². The SMILES string of the molecule is C1=Cc2ccccc2C(c2cn(-c3ccccc3)c3ccccc23)C1. The van der Waals surface area contributed by atoms with Crippen LogP contribution < -0.4 is 0 Å². The van der Waals surface area contributed by atoms with Crippen LogP contribution in [-0.4, -0.2) is 4.57 Å². The molecule has 0 bridgehead atoms. The number of rotatable bonds is 2. The lowest BCUT2D eigenvalue weighted by atomic mass is 9.82. The Morgan fingerprint density at radius 3 is 2.40 bits per heavy atom. The molecule has 0 fully saturated rings. The molecule has 1 aliphatic rings. The summed E-state index contributed by atoms with van der Waals surface area (Å²) in [6, 6.07) is 28.1. The van der Waals surface area contributed by atoms with Crippen LogP contribution in [0, 0.1) is 0 Å². The minimum absolute atomic E-state index is 0.413. The summed E-state index contributed by atoms with van der Waals surface area (Å²) < 4.78 is 2.33. The van der Waals surface area contributed by atoms with E-state index in [9.17, 15) is 0 Å². The highest BCUT2D eigenvalue weighted by Crippen LogP contribution is 2.39. The molecule has 0 aliphatic heterocycles. The van der Waals surface area contributed by atoms with Gasteiger partial charge in [0.1, 0.15) is 0 Å². The first-order chi connectivity index (χ1) is 12.4. The van der Waals surface area contributed by atoms with Crippen molar-refractivity contribution in [2.24, 2.45) is 0 Å². The zero-order valence-electron chi connectivity index (χ0n) is 14.0. The Hall–Kier alpha value is -3.06. The molecule has 0 spiro atoms. The van der Waals surface area contributed by atoms with Crippen molar-refractivity contribution in [3.05, 3.63) is 108 Å². The van der Waals surface area contributed by atoms with Gasteiger partial charge < -0.3 is 4.57 Å². The Morgan fingerprint density at radius 2 is 1.48 bits per heavy atom. The number of nitrogens with zero attached hydrogens (tertiary/aromatic N) is 1. The maximum absolute atomic E-state index is 2.33. The number of hydrogen-bond acceptors (Lipinski definition) is 0. The molecule has 1 unspecified atom stereocenters. The van der Waals surface area contributed by atoms with Crippen molar-refractivity contribution in [1.29, 1.82) is 0 Å². The van der Waals surface area contributed by atoms with Gasteiger partial charge in [0.25, 0.3) is 0 Å². The zero-order valence-corrected chi connectivity index (χ0v) is 14.0. The summed E-state index contributed by atoms with van der Waals surface area (Å²) in [7, 11) is 0. The molecule has 4 aromatic rings. The number of aromatic nitrogens is 1. The van der Waals surface area contributed by atoms with E-state index in [1.165, 1.54) is 33.3 Å². The second kappa shape index (κ2) is 5.78. The fraction of sp³-hybridized carbons (Fsp3) is 0.0833. The minimum atomic E-state index is 0.413. The van der Waals surface area contributed by atoms with Gasteiger partial charge in [-0.1, -0.05) is 72.8 Å².